The first-order chi connectivity index (χ1) is 4.31. The summed E-state index contributed by atoms with van der Waals surface area (Å²) in [7, 11) is 1.61. The lowest BCUT2D eigenvalue weighted by Crippen LogP contribution is -2.31. The molecular formula is C6H12N2O. The molecule has 0 unspecified atom stereocenters. The van der Waals surface area contributed by atoms with Gasteiger partial charge in [-0.05, 0) is 0 Å². The van der Waals surface area contributed by atoms with Crippen LogP contribution in [0.5, 0.6) is 0 Å². The molecule has 0 saturated carbocycles. The van der Waals surface area contributed by atoms with Crippen LogP contribution in [0.3, 0.4) is 0 Å². The van der Waals surface area contributed by atoms with E-state index in [9.17, 15) is 4.79 Å². The average Bonchev–Trinajstić information content (AvgIpc) is 1.89. The summed E-state index contributed by atoms with van der Waals surface area (Å²) in [6.07, 6.45) is 1.71. The van der Waals surface area contributed by atoms with E-state index in [1.165, 1.54) is 0 Å². The monoisotopic (exact) mass is 128 g/mol. The van der Waals surface area contributed by atoms with Gasteiger partial charge < -0.3 is 10.6 Å². The lowest BCUT2D eigenvalue weighted by atomic mass is 10.5. The second kappa shape index (κ2) is 5.31. The Morgan fingerprint density at radius 1 is 1.78 bits per heavy atom. The third kappa shape index (κ3) is 5.03. The number of hydrogen-bond donors (Lipinski definition) is 2. The van der Waals surface area contributed by atoms with Crippen molar-refractivity contribution in [1.29, 1.82) is 0 Å². The van der Waals surface area contributed by atoms with E-state index in [4.69, 9.17) is 0 Å². The largest absolute Gasteiger partial charge is 0.358 e. The van der Waals surface area contributed by atoms with Crippen LogP contribution in [-0.2, 0) is 4.79 Å². The van der Waals surface area contributed by atoms with Crippen LogP contribution in [0.1, 0.15) is 0 Å². The van der Waals surface area contributed by atoms with Crippen molar-refractivity contribution in [2.24, 2.45) is 0 Å². The van der Waals surface area contributed by atoms with Gasteiger partial charge in [-0.1, -0.05) is 6.08 Å². The Labute approximate surface area is 55.1 Å². The Morgan fingerprint density at radius 3 is 2.89 bits per heavy atom. The average molecular weight is 128 g/mol. The maximum Gasteiger partial charge on any atom is 0.233 e. The molecule has 0 atom stereocenters. The van der Waals surface area contributed by atoms with E-state index in [0.29, 0.717) is 13.1 Å². The highest BCUT2D eigenvalue weighted by atomic mass is 16.1. The smallest absolute Gasteiger partial charge is 0.233 e. The van der Waals surface area contributed by atoms with E-state index in [1.807, 2.05) is 0 Å². The number of carbonyl (C=O) groups is 1. The van der Waals surface area contributed by atoms with Gasteiger partial charge in [-0.25, -0.2) is 0 Å². The Kier molecular flexibility index (Phi) is 4.82. The van der Waals surface area contributed by atoms with Gasteiger partial charge in [0.2, 0.25) is 5.91 Å². The summed E-state index contributed by atoms with van der Waals surface area (Å²) in [5.74, 6) is -0.00292. The van der Waals surface area contributed by atoms with E-state index in [-0.39, 0.29) is 5.91 Å². The second-order valence-corrected chi connectivity index (χ2v) is 1.59. The second-order valence-electron chi connectivity index (χ2n) is 1.59. The van der Waals surface area contributed by atoms with Crippen LogP contribution in [0, 0.1) is 0 Å². The molecule has 52 valence electrons. The van der Waals surface area contributed by atoms with Crippen LogP contribution in [0.15, 0.2) is 12.7 Å². The van der Waals surface area contributed by atoms with Crippen LogP contribution in [-0.4, -0.2) is 26.0 Å². The quantitative estimate of drug-likeness (QED) is 0.396. The van der Waals surface area contributed by atoms with Gasteiger partial charge in [0.1, 0.15) is 0 Å². The molecule has 0 aliphatic carbocycles. The van der Waals surface area contributed by atoms with Gasteiger partial charge in [0, 0.05) is 13.6 Å². The summed E-state index contributed by atoms with van der Waals surface area (Å²) in [4.78, 5) is 10.5. The molecule has 0 spiro atoms. The number of carbonyl (C=O) groups excluding carboxylic acids is 1. The van der Waals surface area contributed by atoms with Crippen LogP contribution in [0.25, 0.3) is 0 Å². The molecule has 0 aliphatic rings. The molecule has 0 radical (unpaired) electrons. The number of rotatable bonds is 4. The molecule has 0 aromatic rings. The van der Waals surface area contributed by atoms with Crippen LogP contribution >= 0.6 is 0 Å². The Bertz CT molecular complexity index is 101. The van der Waals surface area contributed by atoms with Crippen LogP contribution in [0.2, 0.25) is 0 Å². The SMILES string of the molecule is C=CCNCC(=O)NC. The molecular weight excluding hydrogens is 116 g/mol. The van der Waals surface area contributed by atoms with Crippen molar-refractivity contribution in [2.75, 3.05) is 20.1 Å². The Balaban J connectivity index is 3.06. The molecule has 9 heavy (non-hydrogen) atoms. The summed E-state index contributed by atoms with van der Waals surface area (Å²) in [6.45, 7) is 4.53. The molecule has 0 aliphatic heterocycles. The molecule has 2 N–H and O–H groups in total. The molecule has 3 heteroatoms. The van der Waals surface area contributed by atoms with Crippen molar-refractivity contribution < 1.29 is 4.79 Å². The van der Waals surface area contributed by atoms with E-state index in [0.717, 1.165) is 0 Å². The van der Waals surface area contributed by atoms with Gasteiger partial charge in [-0.3, -0.25) is 4.79 Å². The minimum Gasteiger partial charge on any atom is -0.358 e. The zero-order valence-corrected chi connectivity index (χ0v) is 5.61. The normalized spacial score (nSPS) is 8.56. The Morgan fingerprint density at radius 2 is 2.44 bits per heavy atom. The van der Waals surface area contributed by atoms with Gasteiger partial charge in [-0.15, -0.1) is 6.58 Å². The van der Waals surface area contributed by atoms with E-state index in [2.05, 4.69) is 17.2 Å². The lowest BCUT2D eigenvalue weighted by molar-refractivity contribution is -0.119. The summed E-state index contributed by atoms with van der Waals surface area (Å²) < 4.78 is 0. The standard InChI is InChI=1S/C6H12N2O/c1-3-4-8-5-6(9)7-2/h3,8H,1,4-5H2,2H3,(H,7,9). The third-order valence-corrected chi connectivity index (χ3v) is 0.853. The highest BCUT2D eigenvalue weighted by Crippen LogP contribution is 1.61. The third-order valence-electron chi connectivity index (χ3n) is 0.853. The van der Waals surface area contributed by atoms with Crippen molar-refractivity contribution in [3.8, 4) is 0 Å². The van der Waals surface area contributed by atoms with Crippen molar-refractivity contribution >= 4 is 5.91 Å². The summed E-state index contributed by atoms with van der Waals surface area (Å²) in [6, 6.07) is 0. The van der Waals surface area contributed by atoms with Gasteiger partial charge in [0.15, 0.2) is 0 Å². The molecule has 1 amide bonds. The number of hydrogen-bond acceptors (Lipinski definition) is 2. The molecule has 0 rings (SSSR count). The fourth-order valence-corrected chi connectivity index (χ4v) is 0.376. The molecule has 0 saturated heterocycles. The van der Waals surface area contributed by atoms with Crippen LogP contribution in [0.4, 0.5) is 0 Å². The topological polar surface area (TPSA) is 41.1 Å². The Hall–Kier alpha value is -0.830. The predicted octanol–water partition coefficient (Wildman–Crippen LogP) is -0.492. The maximum absolute atomic E-state index is 10.5. The number of nitrogens with one attached hydrogen (secondary N) is 2. The van der Waals surface area contributed by atoms with Gasteiger partial charge >= 0.3 is 0 Å². The molecule has 0 heterocycles. The van der Waals surface area contributed by atoms with Crippen molar-refractivity contribution in [3.63, 3.8) is 0 Å². The fourth-order valence-electron chi connectivity index (χ4n) is 0.376. The first kappa shape index (κ1) is 8.17. The van der Waals surface area contributed by atoms with Crippen LogP contribution < -0.4 is 10.6 Å². The predicted molar refractivity (Wildman–Crippen MR) is 37.1 cm³/mol. The molecule has 3 nitrogen and oxygen atoms in total. The number of likely N-dealkylation sites (N-methyl/N-ethyl adjacent to an activating group) is 1. The zero-order valence-electron chi connectivity index (χ0n) is 5.61. The minimum absolute atomic E-state index is 0.00292. The summed E-state index contributed by atoms with van der Waals surface area (Å²) in [5, 5.41) is 5.34. The highest BCUT2D eigenvalue weighted by molar-refractivity contribution is 5.77. The molecule has 0 bridgehead atoms. The van der Waals surface area contributed by atoms with Gasteiger partial charge in [0.25, 0.3) is 0 Å². The van der Waals surface area contributed by atoms with Crippen molar-refractivity contribution in [2.45, 2.75) is 0 Å². The summed E-state index contributed by atoms with van der Waals surface area (Å²) in [5.41, 5.74) is 0. The summed E-state index contributed by atoms with van der Waals surface area (Å²) >= 11 is 0. The fraction of sp³-hybridized carbons (Fsp3) is 0.500. The van der Waals surface area contributed by atoms with Gasteiger partial charge in [0.05, 0.1) is 6.54 Å². The van der Waals surface area contributed by atoms with Crippen molar-refractivity contribution in [3.05, 3.63) is 12.7 Å². The minimum atomic E-state index is -0.00292. The highest BCUT2D eigenvalue weighted by Gasteiger charge is 1.91. The van der Waals surface area contributed by atoms with E-state index in [1.54, 1.807) is 13.1 Å². The van der Waals surface area contributed by atoms with Gasteiger partial charge in [-0.2, -0.15) is 0 Å². The lowest BCUT2D eigenvalue weighted by Gasteiger charge is -1.97. The molecule has 0 aromatic heterocycles. The van der Waals surface area contributed by atoms with Crippen molar-refractivity contribution in [1.82, 2.24) is 10.6 Å². The zero-order chi connectivity index (χ0) is 7.11. The van der Waals surface area contributed by atoms with E-state index >= 15 is 0 Å². The number of amides is 1. The first-order valence-electron chi connectivity index (χ1n) is 2.83. The van der Waals surface area contributed by atoms with E-state index < -0.39 is 0 Å². The molecule has 0 aromatic carbocycles. The molecule has 0 fully saturated rings. The first-order valence-corrected chi connectivity index (χ1v) is 2.83. The maximum atomic E-state index is 10.5.